The molecule has 0 saturated heterocycles. The molecule has 0 N–H and O–H groups in total. The Balaban J connectivity index is 1.98. The Morgan fingerprint density at radius 3 is 2.50 bits per heavy atom. The van der Waals surface area contributed by atoms with E-state index in [0.717, 1.165) is 22.8 Å². The predicted octanol–water partition coefficient (Wildman–Crippen LogP) is 4.40. The van der Waals surface area contributed by atoms with Crippen LogP contribution in [-0.2, 0) is 6.42 Å². The number of methoxy groups -OCH3 is 1. The van der Waals surface area contributed by atoms with Crippen molar-refractivity contribution >= 4 is 17.8 Å². The molecule has 0 spiro atoms. The lowest BCUT2D eigenvalue weighted by Crippen LogP contribution is -2.03. The van der Waals surface area contributed by atoms with Gasteiger partial charge in [0.15, 0.2) is 0 Å². The van der Waals surface area contributed by atoms with E-state index in [4.69, 9.17) is 16.3 Å². The van der Waals surface area contributed by atoms with Gasteiger partial charge in [0.1, 0.15) is 5.75 Å². The molecule has 2 nitrogen and oxygen atoms in total. The molecule has 2 rings (SSSR count). The van der Waals surface area contributed by atoms with E-state index in [1.54, 1.807) is 7.11 Å². The van der Waals surface area contributed by atoms with Crippen molar-refractivity contribution in [2.75, 3.05) is 7.11 Å². The maximum atomic E-state index is 6.10. The van der Waals surface area contributed by atoms with Crippen LogP contribution >= 0.6 is 11.6 Å². The molecule has 2 aromatic carbocycles. The largest absolute Gasteiger partial charge is 0.497 e. The van der Waals surface area contributed by atoms with Crippen LogP contribution < -0.4 is 4.74 Å². The van der Waals surface area contributed by atoms with Gasteiger partial charge in [-0.05, 0) is 37.1 Å². The molecule has 0 aromatic heterocycles. The van der Waals surface area contributed by atoms with Gasteiger partial charge in [-0.3, -0.25) is 4.99 Å². The van der Waals surface area contributed by atoms with E-state index in [0.29, 0.717) is 0 Å². The molecule has 0 aliphatic heterocycles. The lowest BCUT2D eigenvalue weighted by Gasteiger charge is -2.07. The standard InChI is InChI=1S/C17H18ClNO/c1-13(11-14-7-9-16(20-2)10-8-14)19-12-15-5-3-4-6-17(15)18/h3-10,12-13H,11H2,1-2H3. The quantitative estimate of drug-likeness (QED) is 0.747. The molecule has 0 fully saturated rings. The Morgan fingerprint density at radius 2 is 1.85 bits per heavy atom. The zero-order chi connectivity index (χ0) is 14.4. The molecular weight excluding hydrogens is 270 g/mol. The Hall–Kier alpha value is -1.80. The Bertz CT molecular complexity index is 578. The summed E-state index contributed by atoms with van der Waals surface area (Å²) in [5.41, 5.74) is 2.20. The van der Waals surface area contributed by atoms with Gasteiger partial charge in [0.25, 0.3) is 0 Å². The van der Waals surface area contributed by atoms with E-state index in [1.165, 1.54) is 5.56 Å². The fraction of sp³-hybridized carbons (Fsp3) is 0.235. The molecular formula is C17H18ClNO. The van der Waals surface area contributed by atoms with Crippen LogP contribution in [0.5, 0.6) is 5.75 Å². The normalized spacial score (nSPS) is 12.6. The Kier molecular flexibility index (Phi) is 5.19. The molecule has 1 atom stereocenters. The summed E-state index contributed by atoms with van der Waals surface area (Å²) in [6.07, 6.45) is 2.74. The Labute approximate surface area is 125 Å². The lowest BCUT2D eigenvalue weighted by atomic mass is 10.1. The summed E-state index contributed by atoms with van der Waals surface area (Å²) < 4.78 is 5.15. The molecule has 0 saturated carbocycles. The number of aliphatic imine (C=N–C) groups is 1. The van der Waals surface area contributed by atoms with Crippen molar-refractivity contribution in [1.82, 2.24) is 0 Å². The van der Waals surface area contributed by atoms with E-state index in [2.05, 4.69) is 24.0 Å². The summed E-state index contributed by atoms with van der Waals surface area (Å²) >= 11 is 6.10. The smallest absolute Gasteiger partial charge is 0.118 e. The molecule has 0 aliphatic carbocycles. The molecule has 0 amide bonds. The number of halogens is 1. The highest BCUT2D eigenvalue weighted by Gasteiger charge is 2.02. The predicted molar refractivity (Wildman–Crippen MR) is 85.2 cm³/mol. The van der Waals surface area contributed by atoms with Crippen molar-refractivity contribution in [1.29, 1.82) is 0 Å². The third kappa shape index (κ3) is 4.10. The van der Waals surface area contributed by atoms with Crippen LogP contribution in [0.3, 0.4) is 0 Å². The van der Waals surface area contributed by atoms with E-state index in [1.807, 2.05) is 42.6 Å². The second-order valence-corrected chi connectivity index (χ2v) is 5.11. The number of hydrogen-bond donors (Lipinski definition) is 0. The second-order valence-electron chi connectivity index (χ2n) is 4.70. The summed E-state index contributed by atoms with van der Waals surface area (Å²) in [5.74, 6) is 0.876. The summed E-state index contributed by atoms with van der Waals surface area (Å²) in [5, 5.41) is 0.730. The summed E-state index contributed by atoms with van der Waals surface area (Å²) in [7, 11) is 1.67. The summed E-state index contributed by atoms with van der Waals surface area (Å²) in [6.45, 7) is 2.09. The van der Waals surface area contributed by atoms with Gasteiger partial charge in [0.2, 0.25) is 0 Å². The van der Waals surface area contributed by atoms with Gasteiger partial charge in [-0.25, -0.2) is 0 Å². The van der Waals surface area contributed by atoms with Crippen molar-refractivity contribution in [2.45, 2.75) is 19.4 Å². The number of ether oxygens (including phenoxy) is 1. The van der Waals surface area contributed by atoms with Crippen LogP contribution in [0.1, 0.15) is 18.1 Å². The van der Waals surface area contributed by atoms with Crippen molar-refractivity contribution in [3.63, 3.8) is 0 Å². The van der Waals surface area contributed by atoms with Crippen LogP contribution in [0.15, 0.2) is 53.5 Å². The summed E-state index contributed by atoms with van der Waals surface area (Å²) in [4.78, 5) is 4.55. The van der Waals surface area contributed by atoms with Crippen LogP contribution in [0.4, 0.5) is 0 Å². The van der Waals surface area contributed by atoms with Crippen LogP contribution in [0.2, 0.25) is 5.02 Å². The van der Waals surface area contributed by atoms with E-state index in [-0.39, 0.29) is 6.04 Å². The molecule has 1 unspecified atom stereocenters. The van der Waals surface area contributed by atoms with Crippen LogP contribution in [0.25, 0.3) is 0 Å². The molecule has 0 radical (unpaired) electrons. The molecule has 0 heterocycles. The van der Waals surface area contributed by atoms with Crippen LogP contribution in [-0.4, -0.2) is 19.4 Å². The molecule has 0 bridgehead atoms. The van der Waals surface area contributed by atoms with Crippen molar-refractivity contribution in [3.8, 4) is 5.75 Å². The number of nitrogens with zero attached hydrogens (tertiary/aromatic N) is 1. The first-order valence-corrected chi connectivity index (χ1v) is 6.97. The zero-order valence-electron chi connectivity index (χ0n) is 11.7. The molecule has 3 heteroatoms. The highest BCUT2D eigenvalue weighted by molar-refractivity contribution is 6.33. The monoisotopic (exact) mass is 287 g/mol. The number of hydrogen-bond acceptors (Lipinski definition) is 2. The minimum absolute atomic E-state index is 0.208. The van der Waals surface area contributed by atoms with Gasteiger partial charge in [-0.1, -0.05) is 41.9 Å². The van der Waals surface area contributed by atoms with E-state index >= 15 is 0 Å². The number of benzene rings is 2. The average molecular weight is 288 g/mol. The van der Waals surface area contributed by atoms with E-state index < -0.39 is 0 Å². The zero-order valence-corrected chi connectivity index (χ0v) is 12.5. The first-order chi connectivity index (χ1) is 9.69. The van der Waals surface area contributed by atoms with Gasteiger partial charge in [-0.2, -0.15) is 0 Å². The third-order valence-corrected chi connectivity index (χ3v) is 3.41. The van der Waals surface area contributed by atoms with Gasteiger partial charge in [0.05, 0.1) is 13.2 Å². The molecule has 104 valence electrons. The number of rotatable bonds is 5. The third-order valence-electron chi connectivity index (χ3n) is 3.06. The van der Waals surface area contributed by atoms with Crippen LogP contribution in [0, 0.1) is 0 Å². The SMILES string of the molecule is COc1ccc(CC(C)N=Cc2ccccc2Cl)cc1. The molecule has 20 heavy (non-hydrogen) atoms. The maximum absolute atomic E-state index is 6.10. The molecule has 0 aliphatic rings. The second kappa shape index (κ2) is 7.11. The van der Waals surface area contributed by atoms with Gasteiger partial charge >= 0.3 is 0 Å². The Morgan fingerprint density at radius 1 is 1.15 bits per heavy atom. The highest BCUT2D eigenvalue weighted by atomic mass is 35.5. The minimum Gasteiger partial charge on any atom is -0.497 e. The van der Waals surface area contributed by atoms with Crippen molar-refractivity contribution in [2.24, 2.45) is 4.99 Å². The van der Waals surface area contributed by atoms with Gasteiger partial charge in [-0.15, -0.1) is 0 Å². The highest BCUT2D eigenvalue weighted by Crippen LogP contribution is 2.15. The van der Waals surface area contributed by atoms with E-state index in [9.17, 15) is 0 Å². The minimum atomic E-state index is 0.208. The van der Waals surface area contributed by atoms with Crippen molar-refractivity contribution < 1.29 is 4.74 Å². The first kappa shape index (κ1) is 14.6. The lowest BCUT2D eigenvalue weighted by molar-refractivity contribution is 0.414. The maximum Gasteiger partial charge on any atom is 0.118 e. The fourth-order valence-electron chi connectivity index (χ4n) is 1.94. The topological polar surface area (TPSA) is 21.6 Å². The molecule has 2 aromatic rings. The summed E-state index contributed by atoms with van der Waals surface area (Å²) in [6, 6.07) is 16.0. The first-order valence-electron chi connectivity index (χ1n) is 6.59. The van der Waals surface area contributed by atoms with Gasteiger partial charge in [0, 0.05) is 16.8 Å². The van der Waals surface area contributed by atoms with Gasteiger partial charge < -0.3 is 4.74 Å². The average Bonchev–Trinajstić information content (AvgIpc) is 2.47. The van der Waals surface area contributed by atoms with Crippen molar-refractivity contribution in [3.05, 3.63) is 64.7 Å². The fourth-order valence-corrected chi connectivity index (χ4v) is 2.13.